The molecule has 1 nitrogen and oxygen atoms in total. The van der Waals surface area contributed by atoms with Crippen LogP contribution in [0.1, 0.15) is 11.1 Å². The van der Waals surface area contributed by atoms with E-state index in [4.69, 9.17) is 0 Å². The minimum Gasteiger partial charge on any atom is -0.376 e. The van der Waals surface area contributed by atoms with E-state index in [-0.39, 0.29) is 6.54 Å². The first-order chi connectivity index (χ1) is 8.97. The van der Waals surface area contributed by atoms with Crippen LogP contribution in [0.15, 0.2) is 30.3 Å². The molecule has 0 bridgehead atoms. The SMILES string of the molecule is Cc1ccc(F)cc1CNc1c(F)cc(F)cc1F. The average molecular weight is 269 g/mol. The normalized spacial score (nSPS) is 10.6. The van der Waals surface area contributed by atoms with E-state index in [1.54, 1.807) is 13.0 Å². The lowest BCUT2D eigenvalue weighted by Gasteiger charge is -2.11. The van der Waals surface area contributed by atoms with Gasteiger partial charge in [-0.15, -0.1) is 0 Å². The summed E-state index contributed by atoms with van der Waals surface area (Å²) >= 11 is 0. The summed E-state index contributed by atoms with van der Waals surface area (Å²) in [5.41, 5.74) is 0.935. The van der Waals surface area contributed by atoms with Gasteiger partial charge in [-0.3, -0.25) is 0 Å². The number of hydrogen-bond acceptors (Lipinski definition) is 1. The van der Waals surface area contributed by atoms with E-state index in [0.29, 0.717) is 17.7 Å². The summed E-state index contributed by atoms with van der Waals surface area (Å²) in [6.07, 6.45) is 0. The highest BCUT2D eigenvalue weighted by Crippen LogP contribution is 2.21. The third-order valence-corrected chi connectivity index (χ3v) is 2.77. The van der Waals surface area contributed by atoms with Gasteiger partial charge in [0.05, 0.1) is 0 Å². The van der Waals surface area contributed by atoms with Gasteiger partial charge in [-0.1, -0.05) is 6.07 Å². The van der Waals surface area contributed by atoms with Crippen molar-refractivity contribution in [1.82, 2.24) is 0 Å². The maximum Gasteiger partial charge on any atom is 0.152 e. The zero-order chi connectivity index (χ0) is 14.0. The highest BCUT2D eigenvalue weighted by Gasteiger charge is 2.11. The molecule has 0 atom stereocenters. The number of anilines is 1. The van der Waals surface area contributed by atoms with Gasteiger partial charge in [0.15, 0.2) is 11.6 Å². The van der Waals surface area contributed by atoms with Crippen molar-refractivity contribution in [2.75, 3.05) is 5.32 Å². The molecule has 2 aromatic rings. The molecule has 0 aliphatic rings. The first-order valence-electron chi connectivity index (χ1n) is 5.61. The lowest BCUT2D eigenvalue weighted by molar-refractivity contribution is 0.547. The van der Waals surface area contributed by atoms with Crippen LogP contribution >= 0.6 is 0 Å². The lowest BCUT2D eigenvalue weighted by Crippen LogP contribution is -2.06. The fourth-order valence-corrected chi connectivity index (χ4v) is 1.73. The van der Waals surface area contributed by atoms with Gasteiger partial charge in [0.25, 0.3) is 0 Å². The van der Waals surface area contributed by atoms with Gasteiger partial charge in [0.1, 0.15) is 17.3 Å². The summed E-state index contributed by atoms with van der Waals surface area (Å²) in [7, 11) is 0. The Balaban J connectivity index is 2.21. The monoisotopic (exact) mass is 269 g/mol. The zero-order valence-electron chi connectivity index (χ0n) is 10.1. The predicted octanol–water partition coefficient (Wildman–Crippen LogP) is 4.16. The standard InChI is InChI=1S/C14H11F4N/c1-8-2-3-10(15)4-9(8)7-19-14-12(17)5-11(16)6-13(14)18/h2-6,19H,7H2,1H3. The van der Waals surface area contributed by atoms with Crippen LogP contribution in [0.2, 0.25) is 0 Å². The quantitative estimate of drug-likeness (QED) is 0.825. The molecule has 0 fully saturated rings. The Bertz CT molecular complexity index is 587. The van der Waals surface area contributed by atoms with Gasteiger partial charge in [0.2, 0.25) is 0 Å². The van der Waals surface area contributed by atoms with Crippen LogP contribution in [0.3, 0.4) is 0 Å². The van der Waals surface area contributed by atoms with E-state index in [2.05, 4.69) is 5.32 Å². The Hall–Kier alpha value is -2.04. The molecule has 1 N–H and O–H groups in total. The van der Waals surface area contributed by atoms with E-state index in [1.165, 1.54) is 12.1 Å². The fourth-order valence-electron chi connectivity index (χ4n) is 1.73. The molecule has 0 heterocycles. The highest BCUT2D eigenvalue weighted by molar-refractivity contribution is 5.47. The second kappa shape index (κ2) is 5.30. The average Bonchev–Trinajstić information content (AvgIpc) is 2.32. The van der Waals surface area contributed by atoms with E-state index in [1.807, 2.05) is 0 Å². The number of aryl methyl sites for hydroxylation is 1. The molecule has 100 valence electrons. The van der Waals surface area contributed by atoms with Gasteiger partial charge in [-0.05, 0) is 30.2 Å². The molecule has 0 unspecified atom stereocenters. The van der Waals surface area contributed by atoms with Crippen molar-refractivity contribution < 1.29 is 17.6 Å². The number of hydrogen-bond donors (Lipinski definition) is 1. The molecule has 0 spiro atoms. The Labute approximate surface area is 107 Å². The Kier molecular flexibility index (Phi) is 3.74. The molecule has 19 heavy (non-hydrogen) atoms. The highest BCUT2D eigenvalue weighted by atomic mass is 19.1. The van der Waals surface area contributed by atoms with Crippen LogP contribution in [0.4, 0.5) is 23.2 Å². The molecule has 5 heteroatoms. The smallest absolute Gasteiger partial charge is 0.152 e. The van der Waals surface area contributed by atoms with Gasteiger partial charge in [0, 0.05) is 18.7 Å². The molecule has 0 amide bonds. The molecule has 0 saturated carbocycles. The number of nitrogens with one attached hydrogen (secondary N) is 1. The van der Waals surface area contributed by atoms with Crippen molar-refractivity contribution >= 4 is 5.69 Å². The molecule has 0 aliphatic carbocycles. The van der Waals surface area contributed by atoms with Crippen LogP contribution in [0, 0.1) is 30.2 Å². The van der Waals surface area contributed by atoms with Crippen LogP contribution < -0.4 is 5.32 Å². The summed E-state index contributed by atoms with van der Waals surface area (Å²) in [4.78, 5) is 0. The summed E-state index contributed by atoms with van der Waals surface area (Å²) < 4.78 is 52.5. The van der Waals surface area contributed by atoms with Crippen molar-refractivity contribution in [2.24, 2.45) is 0 Å². The molecular weight excluding hydrogens is 258 g/mol. The maximum absolute atomic E-state index is 13.4. The third kappa shape index (κ3) is 3.05. The number of halogens is 4. The Morgan fingerprint density at radius 1 is 0.895 bits per heavy atom. The summed E-state index contributed by atoms with van der Waals surface area (Å²) in [5, 5.41) is 2.51. The van der Waals surface area contributed by atoms with E-state index in [9.17, 15) is 17.6 Å². The fraction of sp³-hybridized carbons (Fsp3) is 0.143. The number of rotatable bonds is 3. The van der Waals surface area contributed by atoms with Crippen molar-refractivity contribution in [3.8, 4) is 0 Å². The number of benzene rings is 2. The van der Waals surface area contributed by atoms with Gasteiger partial charge < -0.3 is 5.32 Å². The summed E-state index contributed by atoms with van der Waals surface area (Å²) in [6.45, 7) is 1.80. The van der Waals surface area contributed by atoms with E-state index in [0.717, 1.165) is 5.56 Å². The summed E-state index contributed by atoms with van der Waals surface area (Å²) in [5.74, 6) is -3.46. The van der Waals surface area contributed by atoms with Crippen molar-refractivity contribution in [3.63, 3.8) is 0 Å². The van der Waals surface area contributed by atoms with Crippen LogP contribution in [0.25, 0.3) is 0 Å². The van der Waals surface area contributed by atoms with Crippen LogP contribution in [-0.2, 0) is 6.54 Å². The minimum atomic E-state index is -1.02. The molecule has 0 aromatic heterocycles. The Morgan fingerprint density at radius 3 is 2.16 bits per heavy atom. The predicted molar refractivity (Wildman–Crippen MR) is 64.8 cm³/mol. The van der Waals surface area contributed by atoms with Crippen molar-refractivity contribution in [3.05, 3.63) is 64.7 Å². The summed E-state index contributed by atoms with van der Waals surface area (Å²) in [6, 6.07) is 5.33. The van der Waals surface area contributed by atoms with Crippen molar-refractivity contribution in [1.29, 1.82) is 0 Å². The van der Waals surface area contributed by atoms with Crippen LogP contribution in [0.5, 0.6) is 0 Å². The van der Waals surface area contributed by atoms with Gasteiger partial charge in [-0.2, -0.15) is 0 Å². The van der Waals surface area contributed by atoms with Crippen LogP contribution in [-0.4, -0.2) is 0 Å². The molecule has 0 saturated heterocycles. The second-order valence-electron chi connectivity index (χ2n) is 4.17. The molecule has 0 aliphatic heterocycles. The first kappa shape index (κ1) is 13.4. The lowest BCUT2D eigenvalue weighted by atomic mass is 10.1. The Morgan fingerprint density at radius 2 is 1.53 bits per heavy atom. The molecule has 2 aromatic carbocycles. The topological polar surface area (TPSA) is 12.0 Å². The molecule has 2 rings (SSSR count). The minimum absolute atomic E-state index is 0.0447. The molecular formula is C14H11F4N. The zero-order valence-corrected chi connectivity index (χ0v) is 10.1. The van der Waals surface area contributed by atoms with Crippen molar-refractivity contribution in [2.45, 2.75) is 13.5 Å². The first-order valence-corrected chi connectivity index (χ1v) is 5.61. The van der Waals surface area contributed by atoms with E-state index >= 15 is 0 Å². The maximum atomic E-state index is 13.4. The molecule has 0 radical (unpaired) electrons. The van der Waals surface area contributed by atoms with E-state index < -0.39 is 29.0 Å². The second-order valence-corrected chi connectivity index (χ2v) is 4.17. The van der Waals surface area contributed by atoms with Gasteiger partial charge >= 0.3 is 0 Å². The third-order valence-electron chi connectivity index (χ3n) is 2.77. The largest absolute Gasteiger partial charge is 0.376 e. The van der Waals surface area contributed by atoms with Gasteiger partial charge in [-0.25, -0.2) is 17.6 Å².